The van der Waals surface area contributed by atoms with Crippen molar-refractivity contribution < 1.29 is 17.9 Å². The van der Waals surface area contributed by atoms with Gasteiger partial charge in [-0.1, -0.05) is 42.5 Å². The lowest BCUT2D eigenvalue weighted by atomic mass is 10.1. The summed E-state index contributed by atoms with van der Waals surface area (Å²) in [5, 5.41) is 10.7. The van der Waals surface area contributed by atoms with Gasteiger partial charge in [-0.3, -0.25) is 4.57 Å². The zero-order valence-corrected chi connectivity index (χ0v) is 21.2. The van der Waals surface area contributed by atoms with Crippen molar-refractivity contribution in [1.82, 2.24) is 4.57 Å². The first-order valence-electron chi connectivity index (χ1n) is 11.3. The second kappa shape index (κ2) is 11.7. The normalized spacial score (nSPS) is 13.1. The summed E-state index contributed by atoms with van der Waals surface area (Å²) in [5.74, 6) is -0.0980. The number of halogens is 3. The standard InChI is InChI=1S/C27H23F3N6OS/c1-18-5-3-4-6-24(18)36-19(2)16-38-26(36)35-34-15-20-7-9-21(10-8-20)25(31)33-17-32-22-11-13-23(14-12-22)37-27(28,29)30/h3-17H,1-2H3,(H2,31,32,33)/b34-15+,35-26-. The maximum atomic E-state index is 12.2. The fourth-order valence-corrected chi connectivity index (χ4v) is 4.24. The SMILES string of the molecule is Cc1ccccc1-n1c(C)cs/c1=N\N=C\c1ccc(C(N)=NC=Nc2ccc(OC(F)(F)F)cc2)cc1. The number of aliphatic imine (C=N–C) groups is 2. The summed E-state index contributed by atoms with van der Waals surface area (Å²) >= 11 is 1.52. The van der Waals surface area contributed by atoms with Gasteiger partial charge in [-0.05, 0) is 55.3 Å². The predicted octanol–water partition coefficient (Wildman–Crippen LogP) is 6.05. The van der Waals surface area contributed by atoms with Crippen molar-refractivity contribution in [3.05, 3.63) is 105 Å². The summed E-state index contributed by atoms with van der Waals surface area (Å²) in [6, 6.07) is 20.5. The second-order valence-electron chi connectivity index (χ2n) is 8.05. The van der Waals surface area contributed by atoms with Crippen LogP contribution in [0.5, 0.6) is 5.75 Å². The van der Waals surface area contributed by atoms with Crippen LogP contribution in [0.3, 0.4) is 0 Å². The van der Waals surface area contributed by atoms with Gasteiger partial charge in [-0.25, -0.2) is 9.98 Å². The van der Waals surface area contributed by atoms with E-state index in [9.17, 15) is 13.2 Å². The Morgan fingerprint density at radius 2 is 1.68 bits per heavy atom. The van der Waals surface area contributed by atoms with E-state index in [1.54, 1.807) is 18.3 Å². The number of amidine groups is 1. The first-order chi connectivity index (χ1) is 18.2. The zero-order valence-electron chi connectivity index (χ0n) is 20.4. The van der Waals surface area contributed by atoms with Crippen LogP contribution in [0.25, 0.3) is 5.69 Å². The van der Waals surface area contributed by atoms with E-state index in [0.717, 1.165) is 27.3 Å². The molecule has 0 atom stereocenters. The molecule has 0 radical (unpaired) electrons. The van der Waals surface area contributed by atoms with E-state index in [1.807, 2.05) is 36.6 Å². The number of aromatic nitrogens is 1. The highest BCUT2D eigenvalue weighted by Crippen LogP contribution is 2.24. The number of hydrogen-bond acceptors (Lipinski definition) is 5. The van der Waals surface area contributed by atoms with Crippen LogP contribution in [0.1, 0.15) is 22.4 Å². The van der Waals surface area contributed by atoms with Crippen molar-refractivity contribution in [2.45, 2.75) is 20.2 Å². The van der Waals surface area contributed by atoms with Crippen LogP contribution in [0, 0.1) is 13.8 Å². The average Bonchev–Trinajstić information content (AvgIpc) is 3.24. The summed E-state index contributed by atoms with van der Waals surface area (Å²) < 4.78 is 42.6. The maximum absolute atomic E-state index is 12.2. The van der Waals surface area contributed by atoms with Crippen LogP contribution in [0.2, 0.25) is 0 Å². The maximum Gasteiger partial charge on any atom is 0.573 e. The molecule has 0 fully saturated rings. The van der Waals surface area contributed by atoms with Crippen LogP contribution in [-0.2, 0) is 0 Å². The van der Waals surface area contributed by atoms with Crippen molar-refractivity contribution in [2.75, 3.05) is 0 Å². The van der Waals surface area contributed by atoms with E-state index in [1.165, 1.54) is 41.9 Å². The van der Waals surface area contributed by atoms with Gasteiger partial charge >= 0.3 is 6.36 Å². The molecule has 0 spiro atoms. The molecule has 38 heavy (non-hydrogen) atoms. The molecule has 0 aliphatic rings. The molecule has 0 saturated heterocycles. The van der Waals surface area contributed by atoms with Crippen molar-refractivity contribution in [3.63, 3.8) is 0 Å². The number of nitrogens with zero attached hydrogens (tertiary/aromatic N) is 5. The highest BCUT2D eigenvalue weighted by atomic mass is 32.1. The van der Waals surface area contributed by atoms with Crippen LogP contribution in [0.4, 0.5) is 18.9 Å². The van der Waals surface area contributed by atoms with E-state index < -0.39 is 6.36 Å². The molecule has 0 amide bonds. The number of hydrogen-bond donors (Lipinski definition) is 1. The van der Waals surface area contributed by atoms with Crippen LogP contribution in [-0.4, -0.2) is 29.3 Å². The summed E-state index contributed by atoms with van der Waals surface area (Å²) in [6.45, 7) is 4.09. The topological polar surface area (TPSA) is 89.6 Å². The van der Waals surface area contributed by atoms with Gasteiger partial charge < -0.3 is 10.5 Å². The Morgan fingerprint density at radius 3 is 2.37 bits per heavy atom. The molecule has 3 aromatic carbocycles. The van der Waals surface area contributed by atoms with Crippen molar-refractivity contribution >= 4 is 35.4 Å². The molecule has 11 heteroatoms. The Labute approximate surface area is 220 Å². The molecule has 0 bridgehead atoms. The smallest absolute Gasteiger partial charge is 0.406 e. The van der Waals surface area contributed by atoms with E-state index in [2.05, 4.69) is 48.5 Å². The van der Waals surface area contributed by atoms with E-state index in [0.29, 0.717) is 11.3 Å². The van der Waals surface area contributed by atoms with Gasteiger partial charge in [0.05, 0.1) is 17.6 Å². The van der Waals surface area contributed by atoms with Gasteiger partial charge in [0.25, 0.3) is 0 Å². The molecule has 194 valence electrons. The third-order valence-corrected chi connectivity index (χ3v) is 6.20. The predicted molar refractivity (Wildman–Crippen MR) is 145 cm³/mol. The fourth-order valence-electron chi connectivity index (χ4n) is 3.42. The Bertz CT molecular complexity index is 1550. The Balaban J connectivity index is 1.42. The number of aryl methyl sites for hydroxylation is 2. The number of thiazole rings is 1. The van der Waals surface area contributed by atoms with Crippen molar-refractivity contribution in [2.24, 2.45) is 25.9 Å². The van der Waals surface area contributed by atoms with Crippen LogP contribution >= 0.6 is 11.3 Å². The number of rotatable bonds is 7. The highest BCUT2D eigenvalue weighted by molar-refractivity contribution is 7.07. The quantitative estimate of drug-likeness (QED) is 0.177. The van der Waals surface area contributed by atoms with E-state index >= 15 is 0 Å². The third-order valence-electron chi connectivity index (χ3n) is 5.27. The molecule has 2 N–H and O–H groups in total. The third kappa shape index (κ3) is 7.04. The average molecular weight is 537 g/mol. The summed E-state index contributed by atoms with van der Waals surface area (Å²) in [4.78, 5) is 8.92. The lowest BCUT2D eigenvalue weighted by molar-refractivity contribution is -0.274. The van der Waals surface area contributed by atoms with E-state index in [4.69, 9.17) is 5.73 Å². The number of para-hydroxylation sites is 1. The lowest BCUT2D eigenvalue weighted by Crippen LogP contribution is -2.16. The van der Waals surface area contributed by atoms with Gasteiger partial charge in [-0.2, -0.15) is 5.10 Å². The monoisotopic (exact) mass is 536 g/mol. The molecule has 7 nitrogen and oxygen atoms in total. The summed E-state index contributed by atoms with van der Waals surface area (Å²) in [7, 11) is 0. The Kier molecular flexibility index (Phi) is 8.17. The summed E-state index contributed by atoms with van der Waals surface area (Å²) in [5.41, 5.74) is 11.2. The second-order valence-corrected chi connectivity index (χ2v) is 8.89. The van der Waals surface area contributed by atoms with E-state index in [-0.39, 0.29) is 11.6 Å². The van der Waals surface area contributed by atoms with Gasteiger partial charge in [0, 0.05) is 16.6 Å². The van der Waals surface area contributed by atoms with Crippen LogP contribution in [0.15, 0.2) is 98.4 Å². The zero-order chi connectivity index (χ0) is 27.1. The fraction of sp³-hybridized carbons (Fsp3) is 0.111. The molecule has 1 aromatic heterocycles. The molecule has 4 rings (SSSR count). The molecule has 0 aliphatic heterocycles. The van der Waals surface area contributed by atoms with Crippen molar-refractivity contribution in [3.8, 4) is 11.4 Å². The Hall–Kier alpha value is -4.51. The minimum Gasteiger partial charge on any atom is -0.406 e. The number of ether oxygens (including phenoxy) is 1. The molecule has 0 aliphatic carbocycles. The molecular weight excluding hydrogens is 513 g/mol. The van der Waals surface area contributed by atoms with Crippen molar-refractivity contribution in [1.29, 1.82) is 0 Å². The van der Waals surface area contributed by atoms with Gasteiger partial charge in [0.1, 0.15) is 17.9 Å². The summed E-state index contributed by atoms with van der Waals surface area (Å²) in [6.07, 6.45) is -1.86. The van der Waals surface area contributed by atoms with Gasteiger partial charge in [0.15, 0.2) is 0 Å². The molecule has 4 aromatic rings. The Morgan fingerprint density at radius 1 is 0.974 bits per heavy atom. The first-order valence-corrected chi connectivity index (χ1v) is 12.2. The lowest BCUT2D eigenvalue weighted by Gasteiger charge is -2.08. The molecule has 1 heterocycles. The van der Waals surface area contributed by atoms with Gasteiger partial charge in [0.2, 0.25) is 4.80 Å². The minimum atomic E-state index is -4.74. The van der Waals surface area contributed by atoms with Gasteiger partial charge in [-0.15, -0.1) is 29.6 Å². The largest absolute Gasteiger partial charge is 0.573 e. The molecular formula is C27H23F3N6OS. The van der Waals surface area contributed by atoms with Crippen LogP contribution < -0.4 is 15.3 Å². The number of nitrogens with two attached hydrogens (primary N) is 1. The number of alkyl halides is 3. The number of benzene rings is 3. The first kappa shape index (κ1) is 26.6. The minimum absolute atomic E-state index is 0.229. The molecule has 0 unspecified atom stereocenters. The molecule has 0 saturated carbocycles. The highest BCUT2D eigenvalue weighted by Gasteiger charge is 2.30.